The van der Waals surface area contributed by atoms with Crippen LogP contribution in [0.3, 0.4) is 0 Å². The topological polar surface area (TPSA) is 12.0 Å². The Bertz CT molecular complexity index is 561. The van der Waals surface area contributed by atoms with Crippen LogP contribution in [0.5, 0.6) is 0 Å². The maximum atomic E-state index is 13.3. The second-order valence-corrected chi connectivity index (χ2v) is 5.07. The first kappa shape index (κ1) is 14.7. The number of nitrogens with one attached hydrogen (secondary N) is 1. The van der Waals surface area contributed by atoms with E-state index >= 15 is 0 Å². The molecule has 1 N–H and O–H groups in total. The zero-order valence-corrected chi connectivity index (χ0v) is 11.8. The van der Waals surface area contributed by atoms with Gasteiger partial charge in [-0.25, -0.2) is 8.78 Å². The largest absolute Gasteiger partial charge is 0.313 e. The Kier molecular flexibility index (Phi) is 4.85. The van der Waals surface area contributed by atoms with Crippen molar-refractivity contribution in [3.8, 4) is 0 Å². The molecule has 20 heavy (non-hydrogen) atoms. The Morgan fingerprint density at radius 2 is 1.75 bits per heavy atom. The van der Waals surface area contributed by atoms with Gasteiger partial charge in [0.05, 0.1) is 0 Å². The molecule has 0 aromatic heterocycles. The lowest BCUT2D eigenvalue weighted by Gasteiger charge is -2.17. The van der Waals surface area contributed by atoms with E-state index in [1.165, 1.54) is 23.3 Å². The molecule has 0 aliphatic heterocycles. The van der Waals surface area contributed by atoms with E-state index < -0.39 is 11.6 Å². The van der Waals surface area contributed by atoms with Gasteiger partial charge in [-0.1, -0.05) is 29.8 Å². The molecule has 2 aromatic rings. The van der Waals surface area contributed by atoms with E-state index in [1.54, 1.807) is 0 Å². The highest BCUT2D eigenvalue weighted by atomic mass is 19.1. The highest BCUT2D eigenvalue weighted by Gasteiger charge is 2.12. The zero-order valence-electron chi connectivity index (χ0n) is 11.8. The summed E-state index contributed by atoms with van der Waals surface area (Å²) in [7, 11) is 1.81. The second kappa shape index (κ2) is 6.62. The summed E-state index contributed by atoms with van der Waals surface area (Å²) in [5.41, 5.74) is 3.11. The molecule has 1 nitrogen and oxygen atoms in total. The summed E-state index contributed by atoms with van der Waals surface area (Å²) >= 11 is 0. The summed E-state index contributed by atoms with van der Waals surface area (Å²) in [4.78, 5) is 0. The molecule has 0 saturated carbocycles. The fourth-order valence-corrected chi connectivity index (χ4v) is 2.43. The first-order chi connectivity index (χ1) is 9.58. The van der Waals surface area contributed by atoms with E-state index in [2.05, 4.69) is 30.4 Å². The van der Waals surface area contributed by atoms with Crippen molar-refractivity contribution in [1.29, 1.82) is 0 Å². The Labute approximate surface area is 118 Å². The molecule has 0 heterocycles. The number of hydrogen-bond acceptors (Lipinski definition) is 1. The fourth-order valence-electron chi connectivity index (χ4n) is 2.43. The summed E-state index contributed by atoms with van der Waals surface area (Å²) < 4.78 is 26.5. The number of aryl methyl sites for hydroxylation is 2. The third-order valence-electron chi connectivity index (χ3n) is 3.44. The molecule has 1 unspecified atom stereocenters. The highest BCUT2D eigenvalue weighted by Crippen LogP contribution is 2.21. The molecule has 3 heteroatoms. The maximum absolute atomic E-state index is 13.3. The van der Waals surface area contributed by atoms with E-state index in [-0.39, 0.29) is 6.04 Å². The fraction of sp³-hybridized carbons (Fsp3) is 0.294. The minimum atomic E-state index is -0.532. The molecule has 2 aromatic carbocycles. The smallest absolute Gasteiger partial charge is 0.126 e. The van der Waals surface area contributed by atoms with Crippen LogP contribution in [0.15, 0.2) is 42.5 Å². The van der Waals surface area contributed by atoms with E-state index in [9.17, 15) is 8.78 Å². The van der Waals surface area contributed by atoms with E-state index in [4.69, 9.17) is 0 Å². The van der Waals surface area contributed by atoms with Gasteiger partial charge in [-0.15, -0.1) is 0 Å². The average molecular weight is 275 g/mol. The summed E-state index contributed by atoms with van der Waals surface area (Å²) in [6.45, 7) is 2.06. The number of benzene rings is 2. The van der Waals surface area contributed by atoms with Gasteiger partial charge in [0.2, 0.25) is 0 Å². The van der Waals surface area contributed by atoms with Gasteiger partial charge in [0.1, 0.15) is 11.6 Å². The van der Waals surface area contributed by atoms with Crippen molar-refractivity contribution in [2.45, 2.75) is 25.8 Å². The minimum Gasteiger partial charge on any atom is -0.313 e. The van der Waals surface area contributed by atoms with Gasteiger partial charge in [0, 0.05) is 12.1 Å². The summed E-state index contributed by atoms with van der Waals surface area (Å²) in [6, 6.07) is 11.9. The Morgan fingerprint density at radius 3 is 2.35 bits per heavy atom. The SMILES string of the molecule is CNC(CCc1cccc(C)c1)c1cc(F)cc(F)c1. The first-order valence-electron chi connectivity index (χ1n) is 6.77. The Morgan fingerprint density at radius 1 is 1.05 bits per heavy atom. The van der Waals surface area contributed by atoms with Crippen LogP contribution in [0.2, 0.25) is 0 Å². The van der Waals surface area contributed by atoms with Gasteiger partial charge in [0.15, 0.2) is 0 Å². The van der Waals surface area contributed by atoms with Gasteiger partial charge >= 0.3 is 0 Å². The highest BCUT2D eigenvalue weighted by molar-refractivity contribution is 5.24. The van der Waals surface area contributed by atoms with Gasteiger partial charge in [-0.2, -0.15) is 0 Å². The third-order valence-corrected chi connectivity index (χ3v) is 3.44. The van der Waals surface area contributed by atoms with Crippen molar-refractivity contribution >= 4 is 0 Å². The molecule has 0 amide bonds. The van der Waals surface area contributed by atoms with Crippen molar-refractivity contribution in [2.24, 2.45) is 0 Å². The van der Waals surface area contributed by atoms with Crippen molar-refractivity contribution in [3.05, 3.63) is 70.8 Å². The molecule has 0 radical (unpaired) electrons. The summed E-state index contributed by atoms with van der Waals surface area (Å²) in [6.07, 6.45) is 1.66. The molecule has 0 spiro atoms. The van der Waals surface area contributed by atoms with Gasteiger partial charge < -0.3 is 5.32 Å². The van der Waals surface area contributed by atoms with Gasteiger partial charge in [-0.3, -0.25) is 0 Å². The predicted octanol–water partition coefficient (Wildman–Crippen LogP) is 4.17. The molecule has 0 saturated heterocycles. The average Bonchev–Trinajstić information content (AvgIpc) is 2.38. The van der Waals surface area contributed by atoms with Crippen LogP contribution in [0.25, 0.3) is 0 Å². The molecule has 0 aliphatic carbocycles. The minimum absolute atomic E-state index is 0.0549. The molecular formula is C17H19F2N. The summed E-state index contributed by atoms with van der Waals surface area (Å²) in [5.74, 6) is -1.06. The molecule has 0 fully saturated rings. The molecule has 2 rings (SSSR count). The number of rotatable bonds is 5. The van der Waals surface area contributed by atoms with Crippen LogP contribution < -0.4 is 5.32 Å². The molecule has 0 bridgehead atoms. The zero-order chi connectivity index (χ0) is 14.5. The van der Waals surface area contributed by atoms with Crippen LogP contribution in [0, 0.1) is 18.6 Å². The van der Waals surface area contributed by atoms with Crippen molar-refractivity contribution < 1.29 is 8.78 Å². The predicted molar refractivity (Wildman–Crippen MR) is 77.7 cm³/mol. The second-order valence-electron chi connectivity index (χ2n) is 5.07. The normalized spacial score (nSPS) is 12.4. The quantitative estimate of drug-likeness (QED) is 0.863. The van der Waals surface area contributed by atoms with Crippen LogP contribution in [-0.2, 0) is 6.42 Å². The van der Waals surface area contributed by atoms with E-state index in [0.717, 1.165) is 18.9 Å². The van der Waals surface area contributed by atoms with Crippen molar-refractivity contribution in [1.82, 2.24) is 5.32 Å². The lowest BCUT2D eigenvalue weighted by atomic mass is 9.98. The first-order valence-corrected chi connectivity index (χ1v) is 6.77. The van der Waals surface area contributed by atoms with Crippen LogP contribution >= 0.6 is 0 Å². The molecule has 0 aliphatic rings. The van der Waals surface area contributed by atoms with Crippen LogP contribution in [0.1, 0.15) is 29.2 Å². The summed E-state index contributed by atoms with van der Waals surface area (Å²) in [5, 5.41) is 3.12. The van der Waals surface area contributed by atoms with E-state index in [0.29, 0.717) is 5.56 Å². The maximum Gasteiger partial charge on any atom is 0.126 e. The lowest BCUT2D eigenvalue weighted by Crippen LogP contribution is -2.17. The van der Waals surface area contributed by atoms with Gasteiger partial charge in [-0.05, 0) is 50.1 Å². The number of hydrogen-bond donors (Lipinski definition) is 1. The van der Waals surface area contributed by atoms with Crippen molar-refractivity contribution in [2.75, 3.05) is 7.05 Å². The molecule has 1 atom stereocenters. The van der Waals surface area contributed by atoms with E-state index in [1.807, 2.05) is 13.1 Å². The third kappa shape index (κ3) is 3.87. The molecular weight excluding hydrogens is 256 g/mol. The molecule has 106 valence electrons. The van der Waals surface area contributed by atoms with Gasteiger partial charge in [0.25, 0.3) is 0 Å². The van der Waals surface area contributed by atoms with Crippen molar-refractivity contribution in [3.63, 3.8) is 0 Å². The monoisotopic (exact) mass is 275 g/mol. The van der Waals surface area contributed by atoms with Crippen LogP contribution in [-0.4, -0.2) is 7.05 Å². The standard InChI is InChI=1S/C17H19F2N/c1-12-4-3-5-13(8-12)6-7-17(20-2)14-9-15(18)11-16(19)10-14/h3-5,8-11,17,20H,6-7H2,1-2H3. The number of halogens is 2. The Hall–Kier alpha value is -1.74. The lowest BCUT2D eigenvalue weighted by molar-refractivity contribution is 0.528. The van der Waals surface area contributed by atoms with Crippen LogP contribution in [0.4, 0.5) is 8.78 Å². The Balaban J connectivity index is 2.09.